The number of esters is 3. The van der Waals surface area contributed by atoms with E-state index in [-0.39, 0.29) is 31.1 Å². The Balaban J connectivity index is 4.30. The summed E-state index contributed by atoms with van der Waals surface area (Å²) >= 11 is 0. The van der Waals surface area contributed by atoms with Gasteiger partial charge in [0.25, 0.3) is 0 Å². The number of hydrogen-bond acceptors (Lipinski definition) is 6. The van der Waals surface area contributed by atoms with Crippen molar-refractivity contribution in [2.24, 2.45) is 11.8 Å². The Morgan fingerprint density at radius 1 is 0.318 bits per heavy atom. The highest BCUT2D eigenvalue weighted by Gasteiger charge is 2.19. The third-order valence-corrected chi connectivity index (χ3v) is 14.1. The van der Waals surface area contributed by atoms with Crippen molar-refractivity contribution in [3.05, 3.63) is 0 Å². The van der Waals surface area contributed by atoms with Crippen molar-refractivity contribution in [1.82, 2.24) is 0 Å². The van der Waals surface area contributed by atoms with E-state index in [1.54, 1.807) is 0 Å². The summed E-state index contributed by atoms with van der Waals surface area (Å²) in [6.07, 6.45) is 56.6. The molecule has 66 heavy (non-hydrogen) atoms. The monoisotopic (exact) mass is 933 g/mol. The Labute approximate surface area is 412 Å². The van der Waals surface area contributed by atoms with Crippen molar-refractivity contribution in [2.75, 3.05) is 13.2 Å². The van der Waals surface area contributed by atoms with Crippen molar-refractivity contribution in [3.8, 4) is 0 Å². The van der Waals surface area contributed by atoms with Gasteiger partial charge in [-0.2, -0.15) is 0 Å². The van der Waals surface area contributed by atoms with Crippen molar-refractivity contribution >= 4 is 17.9 Å². The molecule has 0 saturated carbocycles. The second-order valence-electron chi connectivity index (χ2n) is 21.4. The molecule has 0 saturated heterocycles. The molecule has 0 N–H and O–H groups in total. The summed E-state index contributed by atoms with van der Waals surface area (Å²) in [5.74, 6) is 0.876. The normalized spacial score (nSPS) is 12.5. The average Bonchev–Trinajstić information content (AvgIpc) is 3.30. The Kier molecular flexibility index (Phi) is 51.5. The standard InChI is InChI=1S/C60H116O6/c1-6-8-9-10-11-12-13-14-15-16-17-21-24-30-35-40-45-50-58(61)64-53-57(54-65-59(62)51-46-41-36-31-27-26-29-34-39-44-49-56(5)7-2)66-60(63)52-47-42-37-32-25-22-19-18-20-23-28-33-38-43-48-55(3)4/h55-57H,6-54H2,1-5H3/t56?,57-/m1/s1. The topological polar surface area (TPSA) is 78.9 Å². The fourth-order valence-electron chi connectivity index (χ4n) is 9.20. The summed E-state index contributed by atoms with van der Waals surface area (Å²) in [4.78, 5) is 38.2. The van der Waals surface area contributed by atoms with Crippen LogP contribution in [-0.4, -0.2) is 37.2 Å². The quantitative estimate of drug-likeness (QED) is 0.0343. The smallest absolute Gasteiger partial charge is 0.306 e. The molecule has 0 aliphatic heterocycles. The highest BCUT2D eigenvalue weighted by molar-refractivity contribution is 5.71. The molecule has 0 fully saturated rings. The van der Waals surface area contributed by atoms with E-state index in [1.165, 1.54) is 225 Å². The minimum Gasteiger partial charge on any atom is -0.462 e. The largest absolute Gasteiger partial charge is 0.462 e. The van der Waals surface area contributed by atoms with Gasteiger partial charge in [-0.25, -0.2) is 0 Å². The van der Waals surface area contributed by atoms with E-state index in [2.05, 4.69) is 34.6 Å². The highest BCUT2D eigenvalue weighted by Crippen LogP contribution is 2.19. The second-order valence-corrected chi connectivity index (χ2v) is 21.4. The third kappa shape index (κ3) is 51.8. The Bertz CT molecular complexity index is 1010. The van der Waals surface area contributed by atoms with Crippen LogP contribution in [0.4, 0.5) is 0 Å². The number of hydrogen-bond donors (Lipinski definition) is 0. The minimum atomic E-state index is -0.763. The van der Waals surface area contributed by atoms with Crippen molar-refractivity contribution in [1.29, 1.82) is 0 Å². The van der Waals surface area contributed by atoms with E-state index in [4.69, 9.17) is 14.2 Å². The Morgan fingerprint density at radius 2 is 0.576 bits per heavy atom. The van der Waals surface area contributed by atoms with Gasteiger partial charge in [0.2, 0.25) is 0 Å². The zero-order valence-corrected chi connectivity index (χ0v) is 45.3. The predicted octanol–water partition coefficient (Wildman–Crippen LogP) is 19.7. The van der Waals surface area contributed by atoms with Crippen LogP contribution in [0.3, 0.4) is 0 Å². The molecule has 0 amide bonds. The van der Waals surface area contributed by atoms with Crippen LogP contribution < -0.4 is 0 Å². The first kappa shape index (κ1) is 64.4. The van der Waals surface area contributed by atoms with Crippen LogP contribution in [0.1, 0.15) is 336 Å². The lowest BCUT2D eigenvalue weighted by atomic mass is 9.99. The van der Waals surface area contributed by atoms with E-state index in [0.717, 1.165) is 69.6 Å². The maximum absolute atomic E-state index is 12.9. The number of rotatable bonds is 54. The van der Waals surface area contributed by atoms with Gasteiger partial charge >= 0.3 is 17.9 Å². The molecule has 0 aliphatic carbocycles. The molecule has 0 heterocycles. The molecule has 0 aliphatic rings. The third-order valence-electron chi connectivity index (χ3n) is 14.1. The lowest BCUT2D eigenvalue weighted by Crippen LogP contribution is -2.30. The fourth-order valence-corrected chi connectivity index (χ4v) is 9.20. The SMILES string of the molecule is CCCCCCCCCCCCCCCCCCCC(=O)OC[C@H](COC(=O)CCCCCCCCCCCCC(C)CC)OC(=O)CCCCCCCCCCCCCCCCC(C)C. The molecule has 0 spiro atoms. The number of carbonyl (C=O) groups excluding carboxylic acids is 3. The summed E-state index contributed by atoms with van der Waals surface area (Å²) in [5.41, 5.74) is 0. The van der Waals surface area contributed by atoms with Gasteiger partial charge in [-0.1, -0.05) is 298 Å². The summed E-state index contributed by atoms with van der Waals surface area (Å²) in [6.45, 7) is 11.4. The average molecular weight is 934 g/mol. The molecule has 0 radical (unpaired) electrons. The van der Waals surface area contributed by atoms with Gasteiger partial charge in [-0.3, -0.25) is 14.4 Å². The zero-order valence-electron chi connectivity index (χ0n) is 45.3. The summed E-state index contributed by atoms with van der Waals surface area (Å²) in [5, 5.41) is 0. The van der Waals surface area contributed by atoms with Gasteiger partial charge in [0, 0.05) is 19.3 Å². The molecule has 0 aromatic rings. The highest BCUT2D eigenvalue weighted by atomic mass is 16.6. The zero-order chi connectivity index (χ0) is 48.2. The van der Waals surface area contributed by atoms with Crippen LogP contribution in [0.2, 0.25) is 0 Å². The molecule has 0 aromatic heterocycles. The molecule has 1 unspecified atom stereocenters. The molecular weight excluding hydrogens is 817 g/mol. The maximum Gasteiger partial charge on any atom is 0.306 e. The minimum absolute atomic E-state index is 0.0625. The van der Waals surface area contributed by atoms with E-state index < -0.39 is 6.10 Å². The van der Waals surface area contributed by atoms with Gasteiger partial charge in [0.15, 0.2) is 6.10 Å². The van der Waals surface area contributed by atoms with Crippen molar-refractivity contribution < 1.29 is 28.6 Å². The van der Waals surface area contributed by atoms with Gasteiger partial charge in [-0.05, 0) is 31.1 Å². The molecule has 2 atom stereocenters. The van der Waals surface area contributed by atoms with Gasteiger partial charge in [0.05, 0.1) is 0 Å². The molecule has 0 rings (SSSR count). The fraction of sp³-hybridized carbons (Fsp3) is 0.950. The van der Waals surface area contributed by atoms with Crippen LogP contribution in [0, 0.1) is 11.8 Å². The van der Waals surface area contributed by atoms with Crippen molar-refractivity contribution in [3.63, 3.8) is 0 Å². The maximum atomic E-state index is 12.9. The molecule has 0 aromatic carbocycles. The van der Waals surface area contributed by atoms with Crippen LogP contribution >= 0.6 is 0 Å². The Hall–Kier alpha value is -1.59. The molecule has 6 nitrogen and oxygen atoms in total. The summed E-state index contributed by atoms with van der Waals surface area (Å²) in [7, 11) is 0. The van der Waals surface area contributed by atoms with E-state index in [9.17, 15) is 14.4 Å². The number of ether oxygens (including phenoxy) is 3. The van der Waals surface area contributed by atoms with Gasteiger partial charge < -0.3 is 14.2 Å². The number of unbranched alkanes of at least 4 members (excludes halogenated alkanes) is 38. The van der Waals surface area contributed by atoms with Crippen molar-refractivity contribution in [2.45, 2.75) is 343 Å². The molecule has 0 bridgehead atoms. The molecule has 6 heteroatoms. The second kappa shape index (κ2) is 52.8. The predicted molar refractivity (Wildman–Crippen MR) is 284 cm³/mol. The first-order valence-electron chi connectivity index (χ1n) is 29.8. The van der Waals surface area contributed by atoms with E-state index >= 15 is 0 Å². The van der Waals surface area contributed by atoms with E-state index in [1.807, 2.05) is 0 Å². The van der Waals surface area contributed by atoms with E-state index in [0.29, 0.717) is 19.3 Å². The first-order valence-corrected chi connectivity index (χ1v) is 29.8. The number of carbonyl (C=O) groups is 3. The van der Waals surface area contributed by atoms with Crippen LogP contribution in [0.15, 0.2) is 0 Å². The lowest BCUT2D eigenvalue weighted by molar-refractivity contribution is -0.167. The van der Waals surface area contributed by atoms with Crippen LogP contribution in [-0.2, 0) is 28.6 Å². The first-order chi connectivity index (χ1) is 32.3. The molecular formula is C60H116O6. The van der Waals surface area contributed by atoms with Gasteiger partial charge in [-0.15, -0.1) is 0 Å². The van der Waals surface area contributed by atoms with Crippen LogP contribution in [0.25, 0.3) is 0 Å². The van der Waals surface area contributed by atoms with Gasteiger partial charge in [0.1, 0.15) is 13.2 Å². The lowest BCUT2D eigenvalue weighted by Gasteiger charge is -2.18. The van der Waals surface area contributed by atoms with Crippen LogP contribution in [0.5, 0.6) is 0 Å². The molecule has 392 valence electrons. The summed E-state index contributed by atoms with van der Waals surface area (Å²) < 4.78 is 16.9. The summed E-state index contributed by atoms with van der Waals surface area (Å²) in [6, 6.07) is 0. The Morgan fingerprint density at radius 3 is 0.864 bits per heavy atom.